The lowest BCUT2D eigenvalue weighted by Gasteiger charge is -2.10. The highest BCUT2D eigenvalue weighted by Crippen LogP contribution is 2.15. The van der Waals surface area contributed by atoms with Gasteiger partial charge in [0.2, 0.25) is 0 Å². The summed E-state index contributed by atoms with van der Waals surface area (Å²) in [5.74, 6) is 1.54. The highest BCUT2D eigenvalue weighted by molar-refractivity contribution is 5.15. The van der Waals surface area contributed by atoms with E-state index in [1.165, 1.54) is 0 Å². The Morgan fingerprint density at radius 1 is 1.50 bits per heavy atom. The van der Waals surface area contributed by atoms with Crippen LogP contribution in [0.2, 0.25) is 0 Å². The van der Waals surface area contributed by atoms with Crippen molar-refractivity contribution in [2.24, 2.45) is 5.92 Å². The number of hydrogen-bond acceptors (Lipinski definition) is 4. The lowest BCUT2D eigenvalue weighted by atomic mass is 10.1. The molecule has 2 heterocycles. The third kappa shape index (κ3) is 4.12. The maximum absolute atomic E-state index is 5.74. The summed E-state index contributed by atoms with van der Waals surface area (Å²) in [4.78, 5) is 0. The monoisotopic (exact) mass is 253 g/mol. The van der Waals surface area contributed by atoms with E-state index in [9.17, 15) is 0 Å². The van der Waals surface area contributed by atoms with Gasteiger partial charge in [0, 0.05) is 24.1 Å². The molecule has 4 nitrogen and oxygen atoms in total. The molecule has 1 fully saturated rings. The molecule has 1 aromatic rings. The molecule has 1 unspecified atom stereocenters. The minimum Gasteiger partial charge on any atom is -0.468 e. The Bertz CT molecular complexity index is 343. The molecule has 0 spiro atoms. The minimum atomic E-state index is 0.458. The van der Waals surface area contributed by atoms with E-state index in [0.29, 0.717) is 18.6 Å². The van der Waals surface area contributed by atoms with Crippen LogP contribution in [0.25, 0.3) is 0 Å². The predicted octanol–water partition coefficient (Wildman–Crippen LogP) is 2.33. The van der Waals surface area contributed by atoms with Crippen LogP contribution in [-0.4, -0.2) is 25.9 Å². The summed E-state index contributed by atoms with van der Waals surface area (Å²) in [5.41, 5.74) is 1.14. The first kappa shape index (κ1) is 13.6. The molecule has 0 aromatic carbocycles. The molecule has 102 valence electrons. The van der Waals surface area contributed by atoms with Crippen molar-refractivity contribution < 1.29 is 13.9 Å². The molecule has 1 aliphatic rings. The van der Waals surface area contributed by atoms with Gasteiger partial charge in [0.1, 0.15) is 5.76 Å². The van der Waals surface area contributed by atoms with Gasteiger partial charge >= 0.3 is 0 Å². The maximum Gasteiger partial charge on any atom is 0.123 e. The van der Waals surface area contributed by atoms with Crippen molar-refractivity contribution in [1.29, 1.82) is 0 Å². The molecule has 1 aliphatic heterocycles. The third-order valence-electron chi connectivity index (χ3n) is 3.14. The van der Waals surface area contributed by atoms with Crippen LogP contribution < -0.4 is 5.32 Å². The largest absolute Gasteiger partial charge is 0.468 e. The first-order valence-corrected chi connectivity index (χ1v) is 6.70. The van der Waals surface area contributed by atoms with Gasteiger partial charge in [-0.1, -0.05) is 13.8 Å². The smallest absolute Gasteiger partial charge is 0.123 e. The van der Waals surface area contributed by atoms with E-state index in [1.807, 2.05) is 6.07 Å². The summed E-state index contributed by atoms with van der Waals surface area (Å²) >= 11 is 0. The van der Waals surface area contributed by atoms with Crippen molar-refractivity contribution in [3.63, 3.8) is 0 Å². The van der Waals surface area contributed by atoms with E-state index in [1.54, 1.807) is 6.26 Å². The molecule has 0 amide bonds. The summed E-state index contributed by atoms with van der Waals surface area (Å²) in [6.07, 6.45) is 2.85. The molecule has 0 saturated carbocycles. The predicted molar refractivity (Wildman–Crippen MR) is 69.3 cm³/mol. The lowest BCUT2D eigenvalue weighted by molar-refractivity contribution is 0.0782. The Kier molecular flexibility index (Phi) is 5.23. The first-order valence-electron chi connectivity index (χ1n) is 6.70. The molecule has 0 aliphatic carbocycles. The quantitative estimate of drug-likeness (QED) is 0.810. The topological polar surface area (TPSA) is 43.6 Å². The average Bonchev–Trinajstić information content (AvgIpc) is 2.97. The molecule has 0 radical (unpaired) electrons. The van der Waals surface area contributed by atoms with Crippen molar-refractivity contribution in [1.82, 2.24) is 5.32 Å². The van der Waals surface area contributed by atoms with Gasteiger partial charge in [-0.3, -0.25) is 0 Å². The van der Waals surface area contributed by atoms with E-state index >= 15 is 0 Å². The second-order valence-electron chi connectivity index (χ2n) is 5.15. The third-order valence-corrected chi connectivity index (χ3v) is 3.14. The van der Waals surface area contributed by atoms with Crippen molar-refractivity contribution >= 4 is 0 Å². The molecule has 1 saturated heterocycles. The molecular formula is C14H23NO3. The number of ether oxygens (including phenoxy) is 2. The first-order chi connectivity index (χ1) is 8.75. The zero-order valence-electron chi connectivity index (χ0n) is 11.3. The van der Waals surface area contributed by atoms with Gasteiger partial charge in [-0.25, -0.2) is 0 Å². The fourth-order valence-electron chi connectivity index (χ4n) is 2.00. The molecular weight excluding hydrogens is 230 g/mol. The Balaban J connectivity index is 1.72. The Morgan fingerprint density at radius 2 is 2.39 bits per heavy atom. The SMILES string of the molecule is CC(C)NCc1occc1COCC1CCOC1. The summed E-state index contributed by atoms with van der Waals surface area (Å²) in [6.45, 7) is 8.13. The Labute approximate surface area is 109 Å². The fourth-order valence-corrected chi connectivity index (χ4v) is 2.00. The molecule has 4 heteroatoms. The Morgan fingerprint density at radius 3 is 3.11 bits per heavy atom. The lowest BCUT2D eigenvalue weighted by Crippen LogP contribution is -2.22. The minimum absolute atomic E-state index is 0.458. The van der Waals surface area contributed by atoms with Crippen molar-refractivity contribution in [3.8, 4) is 0 Å². The van der Waals surface area contributed by atoms with Crippen LogP contribution in [0, 0.1) is 5.92 Å². The van der Waals surface area contributed by atoms with Crippen molar-refractivity contribution in [3.05, 3.63) is 23.7 Å². The van der Waals surface area contributed by atoms with E-state index < -0.39 is 0 Å². The summed E-state index contributed by atoms with van der Waals surface area (Å²) in [6, 6.07) is 2.45. The second-order valence-corrected chi connectivity index (χ2v) is 5.15. The maximum atomic E-state index is 5.74. The van der Waals surface area contributed by atoms with Crippen LogP contribution in [0.1, 0.15) is 31.6 Å². The highest BCUT2D eigenvalue weighted by Gasteiger charge is 2.16. The summed E-state index contributed by atoms with van der Waals surface area (Å²) < 4.78 is 16.5. The van der Waals surface area contributed by atoms with E-state index in [2.05, 4.69) is 19.2 Å². The van der Waals surface area contributed by atoms with E-state index in [0.717, 1.165) is 44.1 Å². The van der Waals surface area contributed by atoms with Crippen LogP contribution in [0.5, 0.6) is 0 Å². The second kappa shape index (κ2) is 6.92. The van der Waals surface area contributed by atoms with E-state index in [4.69, 9.17) is 13.9 Å². The molecule has 0 bridgehead atoms. The zero-order valence-corrected chi connectivity index (χ0v) is 11.3. The summed E-state index contributed by atoms with van der Waals surface area (Å²) in [5, 5.41) is 3.35. The van der Waals surface area contributed by atoms with Crippen LogP contribution in [0.4, 0.5) is 0 Å². The number of furan rings is 1. The summed E-state index contributed by atoms with van der Waals surface area (Å²) in [7, 11) is 0. The Hall–Kier alpha value is -0.840. The average molecular weight is 253 g/mol. The molecule has 1 aromatic heterocycles. The van der Waals surface area contributed by atoms with Crippen LogP contribution in [0.15, 0.2) is 16.7 Å². The molecule has 18 heavy (non-hydrogen) atoms. The number of nitrogens with one attached hydrogen (secondary N) is 1. The van der Waals surface area contributed by atoms with Crippen LogP contribution >= 0.6 is 0 Å². The molecule has 1 N–H and O–H groups in total. The molecule has 1 atom stereocenters. The van der Waals surface area contributed by atoms with Crippen molar-refractivity contribution in [2.45, 2.75) is 39.5 Å². The van der Waals surface area contributed by atoms with Gasteiger partial charge in [-0.15, -0.1) is 0 Å². The standard InChI is InChI=1S/C14H23NO3/c1-11(2)15-7-14-13(4-6-18-14)10-17-9-12-3-5-16-8-12/h4,6,11-12,15H,3,5,7-10H2,1-2H3. The number of hydrogen-bond donors (Lipinski definition) is 1. The van der Waals surface area contributed by atoms with Crippen LogP contribution in [0.3, 0.4) is 0 Å². The van der Waals surface area contributed by atoms with Gasteiger partial charge in [-0.05, 0) is 12.5 Å². The fraction of sp³-hybridized carbons (Fsp3) is 0.714. The van der Waals surface area contributed by atoms with Gasteiger partial charge in [0.05, 0.1) is 32.6 Å². The van der Waals surface area contributed by atoms with Gasteiger partial charge in [0.15, 0.2) is 0 Å². The number of rotatable bonds is 7. The van der Waals surface area contributed by atoms with Gasteiger partial charge < -0.3 is 19.2 Å². The van der Waals surface area contributed by atoms with Gasteiger partial charge in [0.25, 0.3) is 0 Å². The zero-order chi connectivity index (χ0) is 12.8. The normalized spacial score (nSPS) is 19.8. The van der Waals surface area contributed by atoms with Crippen molar-refractivity contribution in [2.75, 3.05) is 19.8 Å². The highest BCUT2D eigenvalue weighted by atomic mass is 16.5. The van der Waals surface area contributed by atoms with Crippen LogP contribution in [-0.2, 0) is 22.6 Å². The molecule has 2 rings (SSSR count). The van der Waals surface area contributed by atoms with Gasteiger partial charge in [-0.2, -0.15) is 0 Å². The van der Waals surface area contributed by atoms with E-state index in [-0.39, 0.29) is 0 Å².